The first-order valence-electron chi connectivity index (χ1n) is 30.5. The maximum absolute atomic E-state index is 11.0. The number of carbonyl (C=O) groups excluding carboxylic acids is 5. The highest BCUT2D eigenvalue weighted by Crippen LogP contribution is 2.44. The zero-order valence-electron chi connectivity index (χ0n) is 52.8. The van der Waals surface area contributed by atoms with Crippen molar-refractivity contribution in [2.24, 2.45) is 17.8 Å². The monoisotopic (exact) mass is 1100 g/mol. The number of benzene rings is 2. The number of hydrogen-bond donors (Lipinski definition) is 3. The first kappa shape index (κ1) is 78.7. The highest BCUT2D eigenvalue weighted by molar-refractivity contribution is 5.87. The molecule has 2 aromatic carbocycles. The van der Waals surface area contributed by atoms with Gasteiger partial charge < -0.3 is 24.9 Å². The first-order chi connectivity index (χ1) is 37.3. The third kappa shape index (κ3) is 50.2. The number of carbonyl (C=O) groups is 6. The van der Waals surface area contributed by atoms with Crippen LogP contribution in [0.2, 0.25) is 0 Å². The van der Waals surface area contributed by atoms with Crippen molar-refractivity contribution < 1.29 is 48.8 Å². The molecule has 4 unspecified atom stereocenters. The second-order valence-corrected chi connectivity index (χ2v) is 22.7. The maximum atomic E-state index is 11.0. The molecule has 0 bridgehead atoms. The molecule has 1 aliphatic carbocycles. The van der Waals surface area contributed by atoms with Gasteiger partial charge in [0.05, 0.1) is 12.2 Å². The fourth-order valence-corrected chi connectivity index (χ4v) is 8.47. The number of carboxylic acid groups (broad SMARTS) is 1. The van der Waals surface area contributed by atoms with Crippen molar-refractivity contribution in [2.45, 2.75) is 283 Å². The van der Waals surface area contributed by atoms with E-state index in [0.717, 1.165) is 77.0 Å². The predicted molar refractivity (Wildman–Crippen MR) is 332 cm³/mol. The Labute approximate surface area is 482 Å². The number of unbranched alkanes of at least 4 members (excludes halogenated alkanes) is 10. The van der Waals surface area contributed by atoms with Crippen molar-refractivity contribution in [3.8, 4) is 11.1 Å². The van der Waals surface area contributed by atoms with Crippen LogP contribution in [0, 0.1) is 17.8 Å². The molecule has 0 fully saturated rings. The summed E-state index contributed by atoms with van der Waals surface area (Å²) in [6.07, 6.45) is 28.9. The van der Waals surface area contributed by atoms with Crippen LogP contribution < -0.4 is 0 Å². The fraction of sp³-hybridized carbons (Fsp3) is 0.681. The van der Waals surface area contributed by atoms with E-state index in [2.05, 4.69) is 92.7 Å². The second kappa shape index (κ2) is 51.6. The number of Topliss-reactive ketones (excluding diaryl/α,β-unsaturated/α-hetero) is 3. The number of ether oxygens (including phenoxy) is 1. The third-order valence-corrected chi connectivity index (χ3v) is 14.1. The summed E-state index contributed by atoms with van der Waals surface area (Å²) in [7, 11) is 0. The summed E-state index contributed by atoms with van der Waals surface area (Å²) in [4.78, 5) is 63.6. The molecular weight excluding hydrogens is 989 g/mol. The molecule has 0 aliphatic heterocycles. The number of carboxylic acids is 1. The van der Waals surface area contributed by atoms with Crippen LogP contribution in [0.4, 0.5) is 0 Å². The molecule has 3 rings (SSSR count). The van der Waals surface area contributed by atoms with Crippen LogP contribution in [0.3, 0.4) is 0 Å². The van der Waals surface area contributed by atoms with Crippen LogP contribution in [-0.4, -0.2) is 69.2 Å². The lowest BCUT2D eigenvalue weighted by molar-refractivity contribution is -0.141. The number of ketones is 4. The zero-order chi connectivity index (χ0) is 60.6. The molecule has 0 saturated heterocycles. The van der Waals surface area contributed by atoms with Gasteiger partial charge in [-0.3, -0.25) is 24.0 Å². The van der Waals surface area contributed by atoms with Crippen LogP contribution >= 0.6 is 0 Å². The van der Waals surface area contributed by atoms with E-state index in [1.54, 1.807) is 19.9 Å². The number of aliphatic hydroxyl groups is 2. The van der Waals surface area contributed by atoms with Crippen molar-refractivity contribution in [3.05, 3.63) is 83.0 Å². The lowest BCUT2D eigenvalue weighted by Gasteiger charge is -2.12. The van der Waals surface area contributed by atoms with Crippen LogP contribution in [0.1, 0.15) is 281 Å². The number of aliphatic carboxylic acids is 1. The van der Waals surface area contributed by atoms with Gasteiger partial charge >= 0.3 is 11.9 Å². The molecule has 2 aromatic rings. The van der Waals surface area contributed by atoms with Crippen LogP contribution in [-0.2, 0) is 33.5 Å². The molecule has 0 saturated carbocycles. The number of esters is 1. The largest absolute Gasteiger partial charge is 0.481 e. The molecule has 10 nitrogen and oxygen atoms in total. The Hall–Kier alpha value is -4.54. The molecule has 0 radical (unpaired) electrons. The second-order valence-electron chi connectivity index (χ2n) is 22.7. The van der Waals surface area contributed by atoms with Crippen molar-refractivity contribution in [2.75, 3.05) is 6.61 Å². The Morgan fingerprint density at radius 3 is 1.28 bits per heavy atom. The molecule has 0 amide bonds. The summed E-state index contributed by atoms with van der Waals surface area (Å²) in [5.41, 5.74) is 7.51. The molecule has 5 atom stereocenters. The first-order valence-corrected chi connectivity index (χ1v) is 30.5. The molecule has 0 spiro atoms. The minimum Gasteiger partial charge on any atom is -0.481 e. The summed E-state index contributed by atoms with van der Waals surface area (Å²) < 4.78 is 5.20. The van der Waals surface area contributed by atoms with Crippen molar-refractivity contribution in [3.63, 3.8) is 0 Å². The third-order valence-electron chi connectivity index (χ3n) is 14.1. The molecule has 79 heavy (non-hydrogen) atoms. The smallest absolute Gasteiger partial charge is 0.303 e. The van der Waals surface area contributed by atoms with Gasteiger partial charge in [-0.05, 0) is 146 Å². The number of allylic oxidation sites excluding steroid dienone is 4. The fourth-order valence-electron chi connectivity index (χ4n) is 8.47. The van der Waals surface area contributed by atoms with E-state index in [0.29, 0.717) is 49.4 Å². The van der Waals surface area contributed by atoms with E-state index in [9.17, 15) is 39.0 Å². The zero-order valence-corrected chi connectivity index (χ0v) is 52.8. The number of aliphatic hydroxyl groups excluding tert-OH is 2. The van der Waals surface area contributed by atoms with Crippen LogP contribution in [0.25, 0.3) is 11.1 Å². The Kier molecular flexibility index (Phi) is 51.4. The predicted octanol–water partition coefficient (Wildman–Crippen LogP) is 18.1. The van der Waals surface area contributed by atoms with E-state index in [1.807, 2.05) is 31.2 Å². The van der Waals surface area contributed by atoms with E-state index >= 15 is 0 Å². The molecule has 1 aliphatic rings. The number of hydrogen-bond acceptors (Lipinski definition) is 9. The van der Waals surface area contributed by atoms with Gasteiger partial charge in [0.25, 0.3) is 0 Å². The minimum absolute atomic E-state index is 0.0756. The van der Waals surface area contributed by atoms with Crippen molar-refractivity contribution >= 4 is 35.1 Å². The summed E-state index contributed by atoms with van der Waals surface area (Å²) >= 11 is 0. The van der Waals surface area contributed by atoms with Gasteiger partial charge in [-0.15, -0.1) is 0 Å². The lowest BCUT2D eigenvalue weighted by Crippen LogP contribution is -2.12. The Balaban J connectivity index is -0.000000891. The van der Waals surface area contributed by atoms with Gasteiger partial charge in [0.1, 0.15) is 24.0 Å². The summed E-state index contributed by atoms with van der Waals surface area (Å²) in [5, 5.41) is 27.1. The molecule has 3 N–H and O–H groups in total. The Morgan fingerprint density at radius 1 is 0.519 bits per heavy atom. The standard InChI is InChI=1S/C16H14O2.C14H28O2.C11H18O.2C10H20O2.C8H16O/c1-11(17)18-10-16-14-8-4-2-6-12(14)13-7-3-5-9-15(13)16;1-2-3-4-5-6-7-8-9-10-11-12-13-14(15)16;1-9(2)6-5-7-10(3)8-11(4)12;2*1-4-8(2)5-6-10(12)7-9(3)11;1-4-7(2)5-6-8(3)9/h2-9,16H,10H2,1H3;2-13H2,1H3,(H,15,16);6,8H,5,7H2,1-4H3;2*8,10,12H,4-7H2,1-3H3;7H,4-6H2,1-3H3/b;;10-8+;;;/t;;;8?,10-;;/m...1../s1. The van der Waals surface area contributed by atoms with Gasteiger partial charge in [0.2, 0.25) is 0 Å². The molecular formula is C69H116O10. The number of fused-ring (bicyclic) bond motifs is 3. The van der Waals surface area contributed by atoms with Gasteiger partial charge in [-0.2, -0.15) is 0 Å². The van der Waals surface area contributed by atoms with Gasteiger partial charge in [0, 0.05) is 38.5 Å². The van der Waals surface area contributed by atoms with E-state index in [4.69, 9.17) is 9.84 Å². The average molecular weight is 1110 g/mol. The van der Waals surface area contributed by atoms with Crippen molar-refractivity contribution in [1.82, 2.24) is 0 Å². The van der Waals surface area contributed by atoms with E-state index < -0.39 is 18.2 Å². The van der Waals surface area contributed by atoms with Gasteiger partial charge in [-0.25, -0.2) is 0 Å². The van der Waals surface area contributed by atoms with Gasteiger partial charge in [-0.1, -0.05) is 198 Å². The normalized spacial score (nSPS) is 13.1. The Bertz CT molecular complexity index is 1900. The Morgan fingerprint density at radius 2 is 0.924 bits per heavy atom. The van der Waals surface area contributed by atoms with Crippen LogP contribution in [0.15, 0.2) is 71.8 Å². The highest BCUT2D eigenvalue weighted by atomic mass is 16.5. The summed E-state index contributed by atoms with van der Waals surface area (Å²) in [6.45, 7) is 29.5. The van der Waals surface area contributed by atoms with Gasteiger partial charge in [0.15, 0.2) is 5.78 Å². The summed E-state index contributed by atoms with van der Waals surface area (Å²) in [5.74, 6) is 1.93. The molecule has 452 valence electrons. The van der Waals surface area contributed by atoms with E-state index in [1.165, 1.54) is 118 Å². The molecule has 10 heteroatoms. The lowest BCUT2D eigenvalue weighted by atomic mass is 9.98. The highest BCUT2D eigenvalue weighted by Gasteiger charge is 2.28. The maximum Gasteiger partial charge on any atom is 0.303 e. The minimum atomic E-state index is -0.657. The topological polar surface area (TPSA) is 172 Å². The van der Waals surface area contributed by atoms with Crippen LogP contribution in [0.5, 0.6) is 0 Å². The summed E-state index contributed by atoms with van der Waals surface area (Å²) in [6, 6.07) is 16.6. The molecule has 0 aromatic heterocycles. The average Bonchev–Trinajstić information content (AvgIpc) is 3.75. The number of rotatable bonds is 34. The van der Waals surface area contributed by atoms with Crippen molar-refractivity contribution in [1.29, 1.82) is 0 Å². The van der Waals surface area contributed by atoms with E-state index in [-0.39, 0.29) is 29.2 Å². The SMILES string of the molecule is CC(=O)/C=C(\C)CCC=C(C)C.CC(=O)OCC1c2ccccc2-c2ccccc21.CCC(C)CCC(C)=O.CCC(C)CCC(O)CC(C)=O.CCC(C)CC[C@@H](O)CC(C)=O.CCCCCCCCCCCCCC(=O)O. The quantitative estimate of drug-likeness (QED) is 0.0265. The molecule has 0 heterocycles.